The number of hydrogen-bond acceptors (Lipinski definition) is 5. The summed E-state index contributed by atoms with van der Waals surface area (Å²) in [4.78, 5) is 15.3. The van der Waals surface area contributed by atoms with E-state index in [4.69, 9.17) is 10.8 Å². The minimum absolute atomic E-state index is 0.112. The molecule has 94 valence electrons. The van der Waals surface area contributed by atoms with Crippen LogP contribution >= 0.6 is 0 Å². The molecule has 1 heterocycles. The maximum atomic E-state index is 11.6. The summed E-state index contributed by atoms with van der Waals surface area (Å²) >= 11 is 0. The number of anilines is 1. The van der Waals surface area contributed by atoms with E-state index < -0.39 is 0 Å². The smallest absolute Gasteiger partial charge is 0.241 e. The van der Waals surface area contributed by atoms with Crippen molar-refractivity contribution in [3.63, 3.8) is 0 Å². The lowest BCUT2D eigenvalue weighted by Crippen LogP contribution is -2.33. The van der Waals surface area contributed by atoms with Crippen LogP contribution in [0, 0.1) is 5.41 Å². The van der Waals surface area contributed by atoms with Gasteiger partial charge in [-0.3, -0.25) is 4.79 Å². The van der Waals surface area contributed by atoms with Crippen molar-refractivity contribution in [3.8, 4) is 0 Å². The Morgan fingerprint density at radius 1 is 1.65 bits per heavy atom. The van der Waals surface area contributed by atoms with Crippen molar-refractivity contribution in [2.75, 3.05) is 18.9 Å². The van der Waals surface area contributed by atoms with Gasteiger partial charge in [-0.1, -0.05) is 0 Å². The van der Waals surface area contributed by atoms with E-state index in [1.165, 1.54) is 11.0 Å². The summed E-state index contributed by atoms with van der Waals surface area (Å²) in [6.07, 6.45) is 4.33. The molecule has 0 bridgehead atoms. The van der Waals surface area contributed by atoms with Gasteiger partial charge in [0.25, 0.3) is 0 Å². The van der Waals surface area contributed by atoms with Crippen LogP contribution in [0.3, 0.4) is 0 Å². The first-order chi connectivity index (χ1) is 8.13. The Bertz CT molecular complexity index is 399. The number of aliphatic hydroxyl groups excluding tert-OH is 1. The van der Waals surface area contributed by atoms with Crippen LogP contribution in [0.25, 0.3) is 0 Å². The number of aromatic nitrogens is 3. The molecule has 0 aromatic carbocycles. The highest BCUT2D eigenvalue weighted by atomic mass is 16.3. The topological polar surface area (TPSA) is 106 Å². The van der Waals surface area contributed by atoms with Crippen LogP contribution in [-0.2, 0) is 11.3 Å². The third kappa shape index (κ3) is 3.16. The second kappa shape index (κ2) is 4.70. The molecule has 1 aromatic heterocycles. The molecule has 0 atom stereocenters. The standard InChI is InChI=1S/C10H17N5O2/c11-9-13-7-15(14-9)5-8(17)12-6-10(1-2-10)3-4-16/h7,16H,1-6H2,(H2,11,14)(H,12,17). The van der Waals surface area contributed by atoms with E-state index in [1.807, 2.05) is 0 Å². The van der Waals surface area contributed by atoms with E-state index in [1.54, 1.807) is 0 Å². The lowest BCUT2D eigenvalue weighted by molar-refractivity contribution is -0.122. The molecule has 17 heavy (non-hydrogen) atoms. The monoisotopic (exact) mass is 239 g/mol. The fourth-order valence-corrected chi connectivity index (χ4v) is 1.80. The van der Waals surface area contributed by atoms with Crippen molar-refractivity contribution in [3.05, 3.63) is 6.33 Å². The zero-order valence-corrected chi connectivity index (χ0v) is 9.59. The first-order valence-corrected chi connectivity index (χ1v) is 5.66. The average molecular weight is 239 g/mol. The van der Waals surface area contributed by atoms with Crippen molar-refractivity contribution in [1.82, 2.24) is 20.1 Å². The van der Waals surface area contributed by atoms with Gasteiger partial charge in [-0.15, -0.1) is 5.10 Å². The summed E-state index contributed by atoms with van der Waals surface area (Å²) in [5, 5.41) is 15.6. The Hall–Kier alpha value is -1.63. The minimum atomic E-state index is -0.112. The highest BCUT2D eigenvalue weighted by molar-refractivity contribution is 5.75. The molecule has 1 saturated carbocycles. The minimum Gasteiger partial charge on any atom is -0.396 e. The van der Waals surface area contributed by atoms with E-state index in [0.717, 1.165) is 19.3 Å². The van der Waals surface area contributed by atoms with Gasteiger partial charge in [-0.25, -0.2) is 9.67 Å². The maximum Gasteiger partial charge on any atom is 0.241 e. The molecule has 1 aromatic rings. The van der Waals surface area contributed by atoms with Gasteiger partial charge in [-0.2, -0.15) is 0 Å². The lowest BCUT2D eigenvalue weighted by atomic mass is 10.0. The van der Waals surface area contributed by atoms with Crippen LogP contribution in [0.15, 0.2) is 6.33 Å². The predicted octanol–water partition coefficient (Wildman–Crippen LogP) is -0.861. The number of rotatable bonds is 6. The highest BCUT2D eigenvalue weighted by Gasteiger charge is 2.41. The third-order valence-electron chi connectivity index (χ3n) is 3.12. The highest BCUT2D eigenvalue weighted by Crippen LogP contribution is 2.47. The van der Waals surface area contributed by atoms with E-state index in [9.17, 15) is 4.79 Å². The molecule has 1 aliphatic rings. The maximum absolute atomic E-state index is 11.6. The summed E-state index contributed by atoms with van der Waals surface area (Å²) in [5.74, 6) is 0.0517. The number of carbonyl (C=O) groups is 1. The number of hydrogen-bond donors (Lipinski definition) is 3. The molecule has 0 radical (unpaired) electrons. The van der Waals surface area contributed by atoms with Gasteiger partial charge in [0.15, 0.2) is 0 Å². The quantitative estimate of drug-likeness (QED) is 0.599. The summed E-state index contributed by atoms with van der Waals surface area (Å²) in [7, 11) is 0. The zero-order chi connectivity index (χ0) is 12.3. The fraction of sp³-hybridized carbons (Fsp3) is 0.700. The van der Waals surface area contributed by atoms with Gasteiger partial charge in [-0.05, 0) is 24.7 Å². The Morgan fingerprint density at radius 2 is 2.41 bits per heavy atom. The van der Waals surface area contributed by atoms with E-state index in [2.05, 4.69) is 15.4 Å². The summed E-state index contributed by atoms with van der Waals surface area (Å²) in [5.41, 5.74) is 5.48. The Morgan fingerprint density at radius 3 is 2.94 bits per heavy atom. The van der Waals surface area contributed by atoms with Crippen molar-refractivity contribution in [2.24, 2.45) is 5.41 Å². The second-order valence-electron chi connectivity index (χ2n) is 4.55. The first-order valence-electron chi connectivity index (χ1n) is 5.66. The van der Waals surface area contributed by atoms with Gasteiger partial charge in [0, 0.05) is 13.2 Å². The SMILES string of the molecule is Nc1ncn(CC(=O)NCC2(CCO)CC2)n1. The summed E-state index contributed by atoms with van der Waals surface area (Å²) < 4.78 is 1.40. The molecule has 0 aliphatic heterocycles. The van der Waals surface area contributed by atoms with Crippen LogP contribution in [-0.4, -0.2) is 38.9 Å². The second-order valence-corrected chi connectivity index (χ2v) is 4.55. The lowest BCUT2D eigenvalue weighted by Gasteiger charge is -2.14. The number of carbonyl (C=O) groups excluding carboxylic acids is 1. The molecule has 1 amide bonds. The van der Waals surface area contributed by atoms with Gasteiger partial charge in [0.1, 0.15) is 12.9 Å². The van der Waals surface area contributed by atoms with Gasteiger partial charge < -0.3 is 16.2 Å². The Balaban J connectivity index is 1.74. The van der Waals surface area contributed by atoms with E-state index >= 15 is 0 Å². The largest absolute Gasteiger partial charge is 0.396 e. The van der Waals surface area contributed by atoms with Gasteiger partial charge >= 0.3 is 0 Å². The first kappa shape index (κ1) is 11.8. The average Bonchev–Trinajstić information content (AvgIpc) is 2.94. The molecule has 2 rings (SSSR count). The zero-order valence-electron chi connectivity index (χ0n) is 9.59. The Kier molecular flexibility index (Phi) is 3.28. The fourth-order valence-electron chi connectivity index (χ4n) is 1.80. The number of nitrogens with zero attached hydrogens (tertiary/aromatic N) is 3. The molecule has 7 heteroatoms. The van der Waals surface area contributed by atoms with Crippen LogP contribution in [0.5, 0.6) is 0 Å². The number of nitrogens with two attached hydrogens (primary N) is 1. The molecular weight excluding hydrogens is 222 g/mol. The van der Waals surface area contributed by atoms with Crippen molar-refractivity contribution >= 4 is 11.9 Å². The van der Waals surface area contributed by atoms with E-state index in [-0.39, 0.29) is 30.4 Å². The molecule has 4 N–H and O–H groups in total. The number of nitrogen functional groups attached to an aromatic ring is 1. The van der Waals surface area contributed by atoms with Crippen molar-refractivity contribution < 1.29 is 9.90 Å². The van der Waals surface area contributed by atoms with Gasteiger partial charge in [0.2, 0.25) is 11.9 Å². The van der Waals surface area contributed by atoms with Crippen LogP contribution in [0.1, 0.15) is 19.3 Å². The van der Waals surface area contributed by atoms with Crippen molar-refractivity contribution in [2.45, 2.75) is 25.8 Å². The van der Waals surface area contributed by atoms with Crippen LogP contribution < -0.4 is 11.1 Å². The number of nitrogens with one attached hydrogen (secondary N) is 1. The predicted molar refractivity (Wildman–Crippen MR) is 60.8 cm³/mol. The van der Waals surface area contributed by atoms with E-state index in [0.29, 0.717) is 6.54 Å². The van der Waals surface area contributed by atoms with Gasteiger partial charge in [0.05, 0.1) is 0 Å². The molecule has 1 fully saturated rings. The Labute approximate surface area is 99.0 Å². The molecular formula is C10H17N5O2. The number of aliphatic hydroxyl groups is 1. The summed E-state index contributed by atoms with van der Waals surface area (Å²) in [6.45, 7) is 0.922. The molecule has 0 unspecified atom stereocenters. The van der Waals surface area contributed by atoms with Crippen molar-refractivity contribution in [1.29, 1.82) is 0 Å². The van der Waals surface area contributed by atoms with Crippen LogP contribution in [0.2, 0.25) is 0 Å². The third-order valence-corrected chi connectivity index (χ3v) is 3.12. The normalized spacial score (nSPS) is 16.8. The number of amides is 1. The molecule has 0 spiro atoms. The van der Waals surface area contributed by atoms with Crippen LogP contribution in [0.4, 0.5) is 5.95 Å². The molecule has 0 saturated heterocycles. The molecule has 1 aliphatic carbocycles. The molecule has 7 nitrogen and oxygen atoms in total. The summed E-state index contributed by atoms with van der Waals surface area (Å²) in [6, 6.07) is 0.